The normalized spacial score (nSPS) is 12.4. The highest BCUT2D eigenvalue weighted by Crippen LogP contribution is 2.35. The van der Waals surface area contributed by atoms with Crippen molar-refractivity contribution < 1.29 is 4.74 Å². The number of thiophene rings is 1. The van der Waals surface area contributed by atoms with E-state index in [4.69, 9.17) is 16.3 Å². The molecule has 0 radical (unpaired) electrons. The molecule has 0 spiro atoms. The largest absolute Gasteiger partial charge is 0.495 e. The fourth-order valence-electron chi connectivity index (χ4n) is 2.02. The highest BCUT2D eigenvalue weighted by atomic mass is 79.9. The Labute approximate surface area is 137 Å². The van der Waals surface area contributed by atoms with Crippen LogP contribution in [0.3, 0.4) is 0 Å². The quantitative estimate of drug-likeness (QED) is 0.744. The number of methoxy groups -OCH3 is 1. The second kappa shape index (κ2) is 7.46. The summed E-state index contributed by atoms with van der Waals surface area (Å²) in [6.45, 7) is 3.12. The fourth-order valence-corrected chi connectivity index (χ4v) is 3.99. The lowest BCUT2D eigenvalue weighted by Gasteiger charge is -2.19. The second-order valence-electron chi connectivity index (χ2n) is 4.41. The third kappa shape index (κ3) is 3.55. The lowest BCUT2D eigenvalue weighted by Crippen LogP contribution is -2.22. The SMILES string of the molecule is CCCNC(c1ccc(OC)c(Cl)c1)c1sccc1Br. The number of nitrogens with one attached hydrogen (secondary N) is 1. The van der Waals surface area contributed by atoms with E-state index in [1.807, 2.05) is 12.1 Å². The summed E-state index contributed by atoms with van der Waals surface area (Å²) in [5, 5.41) is 6.30. The van der Waals surface area contributed by atoms with Crippen molar-refractivity contribution in [1.82, 2.24) is 5.32 Å². The van der Waals surface area contributed by atoms with Gasteiger partial charge in [-0.25, -0.2) is 0 Å². The number of rotatable bonds is 6. The number of benzene rings is 1. The van der Waals surface area contributed by atoms with Crippen LogP contribution in [-0.2, 0) is 0 Å². The molecule has 1 aromatic heterocycles. The maximum Gasteiger partial charge on any atom is 0.137 e. The number of hydrogen-bond acceptors (Lipinski definition) is 3. The van der Waals surface area contributed by atoms with Gasteiger partial charge in [-0.2, -0.15) is 0 Å². The van der Waals surface area contributed by atoms with E-state index < -0.39 is 0 Å². The van der Waals surface area contributed by atoms with Gasteiger partial charge in [0.2, 0.25) is 0 Å². The molecule has 1 heterocycles. The Balaban J connectivity index is 2.36. The van der Waals surface area contributed by atoms with Crippen molar-refractivity contribution in [3.05, 3.63) is 49.6 Å². The predicted octanol–water partition coefficient (Wildman–Crippen LogP) is 5.26. The number of hydrogen-bond donors (Lipinski definition) is 1. The molecule has 1 N–H and O–H groups in total. The minimum Gasteiger partial charge on any atom is -0.495 e. The highest BCUT2D eigenvalue weighted by Gasteiger charge is 2.18. The molecular formula is C15H17BrClNOS. The van der Waals surface area contributed by atoms with Crippen molar-refractivity contribution in [3.63, 3.8) is 0 Å². The number of ether oxygens (including phenoxy) is 1. The van der Waals surface area contributed by atoms with Crippen molar-refractivity contribution >= 4 is 38.9 Å². The van der Waals surface area contributed by atoms with Crippen LogP contribution in [0.25, 0.3) is 0 Å². The van der Waals surface area contributed by atoms with Gasteiger partial charge in [-0.1, -0.05) is 24.6 Å². The topological polar surface area (TPSA) is 21.3 Å². The van der Waals surface area contributed by atoms with E-state index in [1.54, 1.807) is 18.4 Å². The molecule has 1 aromatic carbocycles. The van der Waals surface area contributed by atoms with Crippen LogP contribution in [0.2, 0.25) is 5.02 Å². The van der Waals surface area contributed by atoms with Gasteiger partial charge in [0.1, 0.15) is 5.75 Å². The maximum atomic E-state index is 6.25. The molecule has 2 rings (SSSR count). The van der Waals surface area contributed by atoms with E-state index in [9.17, 15) is 0 Å². The molecule has 1 unspecified atom stereocenters. The first-order valence-electron chi connectivity index (χ1n) is 6.47. The third-order valence-corrected chi connectivity index (χ3v) is 5.25. The van der Waals surface area contributed by atoms with Crippen LogP contribution in [0.5, 0.6) is 5.75 Å². The van der Waals surface area contributed by atoms with Gasteiger partial charge in [0.05, 0.1) is 18.2 Å². The average molecular weight is 375 g/mol. The van der Waals surface area contributed by atoms with Gasteiger partial charge in [0.15, 0.2) is 0 Å². The summed E-state index contributed by atoms with van der Waals surface area (Å²) in [5.41, 5.74) is 1.15. The molecule has 0 aliphatic heterocycles. The maximum absolute atomic E-state index is 6.25. The molecule has 0 bridgehead atoms. The zero-order valence-corrected chi connectivity index (χ0v) is 14.6. The molecule has 0 saturated carbocycles. The van der Waals surface area contributed by atoms with E-state index in [1.165, 1.54) is 4.88 Å². The van der Waals surface area contributed by atoms with Gasteiger partial charge in [0, 0.05) is 9.35 Å². The molecule has 2 nitrogen and oxygen atoms in total. The minimum absolute atomic E-state index is 0.146. The Morgan fingerprint density at radius 2 is 2.20 bits per heavy atom. The monoisotopic (exact) mass is 373 g/mol. The zero-order valence-electron chi connectivity index (χ0n) is 11.5. The van der Waals surface area contributed by atoms with Crippen molar-refractivity contribution in [2.24, 2.45) is 0 Å². The molecular weight excluding hydrogens is 358 g/mol. The van der Waals surface area contributed by atoms with Crippen molar-refractivity contribution in [2.75, 3.05) is 13.7 Å². The molecule has 0 aliphatic carbocycles. The van der Waals surface area contributed by atoms with Gasteiger partial charge < -0.3 is 10.1 Å². The Morgan fingerprint density at radius 3 is 2.75 bits per heavy atom. The van der Waals surface area contributed by atoms with Crippen LogP contribution < -0.4 is 10.1 Å². The molecule has 20 heavy (non-hydrogen) atoms. The first-order chi connectivity index (χ1) is 9.67. The van der Waals surface area contributed by atoms with Crippen LogP contribution in [0.15, 0.2) is 34.1 Å². The Hall–Kier alpha value is -0.550. The summed E-state index contributed by atoms with van der Waals surface area (Å²) in [7, 11) is 1.63. The molecule has 0 fully saturated rings. The van der Waals surface area contributed by atoms with E-state index >= 15 is 0 Å². The Morgan fingerprint density at radius 1 is 1.40 bits per heavy atom. The summed E-state index contributed by atoms with van der Waals surface area (Å²) >= 11 is 11.6. The van der Waals surface area contributed by atoms with Gasteiger partial charge in [0.25, 0.3) is 0 Å². The molecule has 0 aliphatic rings. The molecule has 0 saturated heterocycles. The van der Waals surface area contributed by atoms with Gasteiger partial charge in [-0.15, -0.1) is 11.3 Å². The summed E-state index contributed by atoms with van der Waals surface area (Å²) in [4.78, 5) is 1.26. The molecule has 2 aromatic rings. The zero-order chi connectivity index (χ0) is 14.5. The lowest BCUT2D eigenvalue weighted by atomic mass is 10.0. The van der Waals surface area contributed by atoms with Crippen molar-refractivity contribution in [1.29, 1.82) is 0 Å². The molecule has 5 heteroatoms. The van der Waals surface area contributed by atoms with E-state index in [-0.39, 0.29) is 6.04 Å². The lowest BCUT2D eigenvalue weighted by molar-refractivity contribution is 0.414. The smallest absolute Gasteiger partial charge is 0.137 e. The minimum atomic E-state index is 0.146. The van der Waals surface area contributed by atoms with Crippen LogP contribution >= 0.6 is 38.9 Å². The summed E-state index contributed by atoms with van der Waals surface area (Å²) in [5.74, 6) is 0.704. The predicted molar refractivity (Wildman–Crippen MR) is 90.2 cm³/mol. The summed E-state index contributed by atoms with van der Waals surface area (Å²) in [6, 6.07) is 8.17. The van der Waals surface area contributed by atoms with E-state index in [0.717, 1.165) is 23.0 Å². The van der Waals surface area contributed by atoms with Crippen LogP contribution in [0.4, 0.5) is 0 Å². The summed E-state index contributed by atoms with van der Waals surface area (Å²) < 4.78 is 6.34. The highest BCUT2D eigenvalue weighted by molar-refractivity contribution is 9.10. The molecule has 1 atom stereocenters. The first-order valence-corrected chi connectivity index (χ1v) is 8.52. The van der Waals surface area contributed by atoms with Crippen molar-refractivity contribution in [3.8, 4) is 5.75 Å². The van der Waals surface area contributed by atoms with Crippen LogP contribution in [0, 0.1) is 0 Å². The van der Waals surface area contributed by atoms with Crippen molar-refractivity contribution in [2.45, 2.75) is 19.4 Å². The summed E-state index contributed by atoms with van der Waals surface area (Å²) in [6.07, 6.45) is 1.09. The standard InChI is InChI=1S/C15H17BrClNOS/c1-3-7-18-14(15-11(16)6-8-20-15)10-4-5-13(19-2)12(17)9-10/h4-6,8-9,14,18H,3,7H2,1-2H3. The molecule has 108 valence electrons. The van der Waals surface area contributed by atoms with Gasteiger partial charge >= 0.3 is 0 Å². The first kappa shape index (κ1) is 15.8. The fraction of sp³-hybridized carbons (Fsp3) is 0.333. The Bertz CT molecular complexity index is 573. The molecule has 0 amide bonds. The van der Waals surface area contributed by atoms with E-state index in [0.29, 0.717) is 10.8 Å². The van der Waals surface area contributed by atoms with Gasteiger partial charge in [-0.3, -0.25) is 0 Å². The second-order valence-corrected chi connectivity index (χ2v) is 6.62. The number of halogens is 2. The van der Waals surface area contributed by atoms with E-state index in [2.05, 4.69) is 45.7 Å². The van der Waals surface area contributed by atoms with Gasteiger partial charge in [-0.05, 0) is 58.0 Å². The third-order valence-electron chi connectivity index (χ3n) is 3.01. The average Bonchev–Trinajstić information content (AvgIpc) is 2.86. The van der Waals surface area contributed by atoms with Crippen LogP contribution in [0.1, 0.15) is 29.8 Å². The van der Waals surface area contributed by atoms with Crippen LogP contribution in [-0.4, -0.2) is 13.7 Å². The Kier molecular flexibility index (Phi) is 5.90.